The lowest BCUT2D eigenvalue weighted by Crippen LogP contribution is -2.52. The molecule has 0 radical (unpaired) electrons. The minimum Gasteiger partial charge on any atom is -0.481 e. The summed E-state index contributed by atoms with van der Waals surface area (Å²) in [6.45, 7) is -1.28. The van der Waals surface area contributed by atoms with E-state index in [-0.39, 0.29) is 6.42 Å². The molecule has 0 aromatic carbocycles. The third-order valence-electron chi connectivity index (χ3n) is 2.22. The zero-order valence-corrected chi connectivity index (χ0v) is 10.9. The van der Waals surface area contributed by atoms with Crippen molar-refractivity contribution in [1.82, 2.24) is 10.2 Å². The maximum absolute atomic E-state index is 11.8. The number of rotatable bonds is 9. The zero-order chi connectivity index (χ0) is 16.6. The van der Waals surface area contributed by atoms with Gasteiger partial charge in [-0.2, -0.15) is 0 Å². The summed E-state index contributed by atoms with van der Waals surface area (Å²) in [5.41, 5.74) is 9.78. The molecule has 11 heteroatoms. The molecule has 1 unspecified atom stereocenters. The molecule has 118 valence electrons. The molecule has 0 bridgehead atoms. The number of aliphatic carboxylic acids is 2. The smallest absolute Gasteiger partial charge is 0.326 e. The lowest BCUT2D eigenvalue weighted by atomic mass is 10.1. The molecule has 0 spiro atoms. The summed E-state index contributed by atoms with van der Waals surface area (Å²) >= 11 is 0. The van der Waals surface area contributed by atoms with Gasteiger partial charge in [0.1, 0.15) is 19.1 Å². The van der Waals surface area contributed by atoms with Crippen molar-refractivity contribution < 1.29 is 34.2 Å². The highest BCUT2D eigenvalue weighted by molar-refractivity contribution is 5.89. The maximum Gasteiger partial charge on any atom is 0.326 e. The Morgan fingerprint density at radius 3 is 1.81 bits per heavy atom. The number of amides is 4. The Morgan fingerprint density at radius 2 is 1.48 bits per heavy atom. The molecule has 0 saturated carbocycles. The van der Waals surface area contributed by atoms with Gasteiger partial charge in [0, 0.05) is 6.42 Å². The monoisotopic (exact) mass is 304 g/mol. The van der Waals surface area contributed by atoms with Crippen molar-refractivity contribution in [2.45, 2.75) is 18.9 Å². The number of hydrogen-bond acceptors (Lipinski definition) is 5. The van der Waals surface area contributed by atoms with Gasteiger partial charge in [0.25, 0.3) is 0 Å². The van der Waals surface area contributed by atoms with Crippen LogP contribution in [0, 0.1) is 0 Å². The Morgan fingerprint density at radius 1 is 1.00 bits per heavy atom. The molecular formula is C10H16N4O7. The maximum atomic E-state index is 11.8. The number of carboxylic acids is 2. The topological polar surface area (TPSA) is 193 Å². The van der Waals surface area contributed by atoms with Crippen molar-refractivity contribution in [1.29, 1.82) is 0 Å². The summed E-state index contributed by atoms with van der Waals surface area (Å²) in [6.07, 6.45) is -0.847. The molecule has 0 aromatic heterocycles. The summed E-state index contributed by atoms with van der Waals surface area (Å²) in [7, 11) is 0. The van der Waals surface area contributed by atoms with Gasteiger partial charge in [0.2, 0.25) is 11.8 Å². The first-order chi connectivity index (χ1) is 9.63. The summed E-state index contributed by atoms with van der Waals surface area (Å²) in [5, 5.41) is 19.3. The lowest BCUT2D eigenvalue weighted by Gasteiger charge is -2.22. The van der Waals surface area contributed by atoms with Crippen LogP contribution in [0.3, 0.4) is 0 Å². The van der Waals surface area contributed by atoms with E-state index in [4.69, 9.17) is 21.7 Å². The number of carboxylic acid groups (broad SMARTS) is 2. The van der Waals surface area contributed by atoms with Crippen LogP contribution in [0.1, 0.15) is 12.8 Å². The molecule has 0 aromatic rings. The van der Waals surface area contributed by atoms with Crippen molar-refractivity contribution >= 4 is 29.8 Å². The summed E-state index contributed by atoms with van der Waals surface area (Å²) in [6, 6.07) is -2.55. The van der Waals surface area contributed by atoms with Gasteiger partial charge in [0.15, 0.2) is 0 Å². The number of carbonyl (C=O) groups is 5. The summed E-state index contributed by atoms with van der Waals surface area (Å²) in [5.74, 6) is -4.54. The highest BCUT2D eigenvalue weighted by Gasteiger charge is 2.25. The average molecular weight is 304 g/mol. The second-order valence-electron chi connectivity index (χ2n) is 4.06. The van der Waals surface area contributed by atoms with Crippen LogP contribution in [0.15, 0.2) is 0 Å². The van der Waals surface area contributed by atoms with Crippen molar-refractivity contribution in [3.63, 3.8) is 0 Å². The SMILES string of the molecule is NC(=O)CN(CC(N)=O)C(=O)NC(CCC(=O)O)C(=O)O. The number of nitrogens with one attached hydrogen (secondary N) is 1. The standard InChI is InChI=1S/C10H16N4O7/c11-6(15)3-14(4-7(12)16)10(21)13-5(9(19)20)1-2-8(17)18/h5H,1-4H2,(H2,11,15)(H2,12,16)(H,13,21)(H,17,18)(H,19,20). The van der Waals surface area contributed by atoms with E-state index in [9.17, 15) is 24.0 Å². The third kappa shape index (κ3) is 8.02. The van der Waals surface area contributed by atoms with E-state index in [1.807, 2.05) is 5.32 Å². The highest BCUT2D eigenvalue weighted by Crippen LogP contribution is 2.00. The Labute approximate surface area is 118 Å². The number of hydrogen-bond donors (Lipinski definition) is 5. The number of nitrogens with two attached hydrogens (primary N) is 2. The quantitative estimate of drug-likeness (QED) is 0.305. The van der Waals surface area contributed by atoms with Gasteiger partial charge >= 0.3 is 18.0 Å². The van der Waals surface area contributed by atoms with Gasteiger partial charge in [0.05, 0.1) is 0 Å². The molecular weight excluding hydrogens is 288 g/mol. The van der Waals surface area contributed by atoms with Crippen molar-refractivity contribution in [2.24, 2.45) is 11.5 Å². The molecule has 21 heavy (non-hydrogen) atoms. The van der Waals surface area contributed by atoms with Crippen LogP contribution < -0.4 is 16.8 Å². The van der Waals surface area contributed by atoms with Gasteiger partial charge in [-0.25, -0.2) is 9.59 Å². The molecule has 0 aliphatic heterocycles. The molecule has 11 nitrogen and oxygen atoms in total. The van der Waals surface area contributed by atoms with Crippen molar-refractivity contribution in [2.75, 3.05) is 13.1 Å². The normalized spacial score (nSPS) is 11.2. The molecule has 0 saturated heterocycles. The molecule has 0 fully saturated rings. The molecule has 0 heterocycles. The van der Waals surface area contributed by atoms with Gasteiger partial charge in [-0.3, -0.25) is 14.4 Å². The van der Waals surface area contributed by atoms with Crippen LogP contribution in [0.5, 0.6) is 0 Å². The predicted molar refractivity (Wildman–Crippen MR) is 66.8 cm³/mol. The fourth-order valence-corrected chi connectivity index (χ4v) is 1.34. The molecule has 0 aliphatic carbocycles. The van der Waals surface area contributed by atoms with Gasteiger partial charge in [-0.1, -0.05) is 0 Å². The van der Waals surface area contributed by atoms with Crippen molar-refractivity contribution in [3.8, 4) is 0 Å². The highest BCUT2D eigenvalue weighted by atomic mass is 16.4. The van der Waals surface area contributed by atoms with E-state index in [1.54, 1.807) is 0 Å². The number of carbonyl (C=O) groups excluding carboxylic acids is 3. The van der Waals surface area contributed by atoms with E-state index in [1.165, 1.54) is 0 Å². The van der Waals surface area contributed by atoms with Crippen LogP contribution in [-0.4, -0.2) is 64.0 Å². The Kier molecular flexibility index (Phi) is 7.21. The Balaban J connectivity index is 4.80. The van der Waals surface area contributed by atoms with E-state index >= 15 is 0 Å². The minimum atomic E-state index is -1.49. The van der Waals surface area contributed by atoms with Gasteiger partial charge < -0.3 is 31.9 Å². The van der Waals surface area contributed by atoms with Gasteiger partial charge in [-0.15, -0.1) is 0 Å². The molecule has 7 N–H and O–H groups in total. The number of primary amides is 2. The van der Waals surface area contributed by atoms with E-state index in [0.29, 0.717) is 4.90 Å². The molecule has 4 amide bonds. The van der Waals surface area contributed by atoms with E-state index in [0.717, 1.165) is 0 Å². The Hall–Kier alpha value is -2.85. The largest absolute Gasteiger partial charge is 0.481 e. The van der Waals surface area contributed by atoms with Crippen LogP contribution in [0.2, 0.25) is 0 Å². The molecule has 0 aliphatic rings. The second kappa shape index (κ2) is 8.35. The van der Waals surface area contributed by atoms with Crippen LogP contribution in [-0.2, 0) is 19.2 Å². The minimum absolute atomic E-state index is 0.364. The van der Waals surface area contributed by atoms with Crippen LogP contribution in [0.25, 0.3) is 0 Å². The summed E-state index contributed by atoms with van der Waals surface area (Å²) in [4.78, 5) is 55.3. The first kappa shape index (κ1) is 18.1. The van der Waals surface area contributed by atoms with E-state index < -0.39 is 55.3 Å². The van der Waals surface area contributed by atoms with Crippen molar-refractivity contribution in [3.05, 3.63) is 0 Å². The van der Waals surface area contributed by atoms with Crippen LogP contribution >= 0.6 is 0 Å². The lowest BCUT2D eigenvalue weighted by molar-refractivity contribution is -0.140. The fourth-order valence-electron chi connectivity index (χ4n) is 1.34. The molecule has 1 atom stereocenters. The van der Waals surface area contributed by atoms with Gasteiger partial charge in [-0.05, 0) is 6.42 Å². The average Bonchev–Trinajstić information content (AvgIpc) is 2.31. The Bertz CT molecular complexity index is 435. The third-order valence-corrected chi connectivity index (χ3v) is 2.22. The molecule has 0 rings (SSSR count). The number of nitrogens with zero attached hydrogens (tertiary/aromatic N) is 1. The van der Waals surface area contributed by atoms with Crippen LogP contribution in [0.4, 0.5) is 4.79 Å². The summed E-state index contributed by atoms with van der Waals surface area (Å²) < 4.78 is 0. The number of urea groups is 1. The first-order valence-corrected chi connectivity index (χ1v) is 5.70. The first-order valence-electron chi connectivity index (χ1n) is 5.70. The second-order valence-corrected chi connectivity index (χ2v) is 4.06. The zero-order valence-electron chi connectivity index (χ0n) is 10.9. The fraction of sp³-hybridized carbons (Fsp3) is 0.500. The predicted octanol–water partition coefficient (Wildman–Crippen LogP) is -2.71. The van der Waals surface area contributed by atoms with E-state index in [2.05, 4.69) is 0 Å².